The van der Waals surface area contributed by atoms with Crippen molar-refractivity contribution < 1.29 is 4.74 Å². The fourth-order valence-corrected chi connectivity index (χ4v) is 5.78. The number of hydrogen-bond acceptors (Lipinski definition) is 5. The number of hydrazine groups is 1. The zero-order valence-corrected chi connectivity index (χ0v) is 19.8. The van der Waals surface area contributed by atoms with Crippen LogP contribution >= 0.6 is 23.4 Å². The van der Waals surface area contributed by atoms with E-state index >= 15 is 0 Å². The second-order valence-corrected chi connectivity index (χ2v) is 10.1. The lowest BCUT2D eigenvalue weighted by molar-refractivity contribution is -0.00806. The molecule has 0 bridgehead atoms. The number of halogens is 1. The number of benzene rings is 2. The number of aromatic nitrogens is 2. The molecule has 1 fully saturated rings. The summed E-state index contributed by atoms with van der Waals surface area (Å²) in [6.45, 7) is 7.25. The van der Waals surface area contributed by atoms with Crippen LogP contribution < -0.4 is 0 Å². The smallest absolute Gasteiger partial charge is 0.126 e. The molecule has 2 aliphatic heterocycles. The van der Waals surface area contributed by atoms with Crippen LogP contribution in [0.3, 0.4) is 0 Å². The number of fused-ring (bicyclic) bond motifs is 1. The average Bonchev–Trinajstić information content (AvgIpc) is 3.46. The van der Waals surface area contributed by atoms with Crippen molar-refractivity contribution in [2.24, 2.45) is 0 Å². The second-order valence-electron chi connectivity index (χ2n) is 8.38. The molecule has 2 aliphatic rings. The van der Waals surface area contributed by atoms with E-state index in [1.807, 2.05) is 30.8 Å². The third kappa shape index (κ3) is 3.76. The number of nitrogens with zero attached hydrogens (tertiary/aromatic N) is 3. The Labute approximate surface area is 192 Å². The molecule has 0 amide bonds. The van der Waals surface area contributed by atoms with Gasteiger partial charge in [0.05, 0.1) is 28.6 Å². The van der Waals surface area contributed by atoms with Crippen molar-refractivity contribution in [1.29, 1.82) is 0 Å². The summed E-state index contributed by atoms with van der Waals surface area (Å²) in [6, 6.07) is 12.8. The number of imidazole rings is 1. The van der Waals surface area contributed by atoms with Crippen LogP contribution in [0.2, 0.25) is 5.02 Å². The fraction of sp³-hybridized carbons (Fsp3) is 0.375. The first kappa shape index (κ1) is 20.9. The number of ether oxygens (including phenoxy) is 1. The Morgan fingerprint density at radius 3 is 2.84 bits per heavy atom. The summed E-state index contributed by atoms with van der Waals surface area (Å²) >= 11 is 8.23. The van der Waals surface area contributed by atoms with Gasteiger partial charge < -0.3 is 9.72 Å². The van der Waals surface area contributed by atoms with E-state index in [4.69, 9.17) is 21.3 Å². The molecule has 0 saturated carbocycles. The van der Waals surface area contributed by atoms with Crippen molar-refractivity contribution in [3.63, 3.8) is 0 Å². The van der Waals surface area contributed by atoms with E-state index in [0.29, 0.717) is 5.37 Å². The third-order valence-corrected chi connectivity index (χ3v) is 7.83. The maximum atomic E-state index is 6.34. The van der Waals surface area contributed by atoms with Crippen molar-refractivity contribution in [3.05, 3.63) is 70.1 Å². The highest BCUT2D eigenvalue weighted by Crippen LogP contribution is 2.44. The maximum absolute atomic E-state index is 6.34. The minimum atomic E-state index is 0.117. The molecule has 5 nitrogen and oxygen atoms in total. The first-order chi connectivity index (χ1) is 14.9. The molecule has 1 N–H and O–H groups in total. The highest BCUT2D eigenvalue weighted by atomic mass is 35.5. The van der Waals surface area contributed by atoms with Gasteiger partial charge in [-0.25, -0.2) is 9.99 Å². The predicted molar refractivity (Wildman–Crippen MR) is 129 cm³/mol. The van der Waals surface area contributed by atoms with E-state index < -0.39 is 0 Å². The minimum absolute atomic E-state index is 0.117. The Morgan fingerprint density at radius 2 is 2.06 bits per heavy atom. The molecule has 162 valence electrons. The molecule has 3 aromatic rings. The van der Waals surface area contributed by atoms with Gasteiger partial charge in [-0.3, -0.25) is 5.01 Å². The maximum Gasteiger partial charge on any atom is 0.126 e. The van der Waals surface area contributed by atoms with Crippen molar-refractivity contribution in [2.45, 2.75) is 44.7 Å². The lowest BCUT2D eigenvalue weighted by atomic mass is 10.1. The van der Waals surface area contributed by atoms with Gasteiger partial charge in [-0.05, 0) is 50.5 Å². The van der Waals surface area contributed by atoms with E-state index in [2.05, 4.69) is 59.3 Å². The molecule has 3 atom stereocenters. The predicted octanol–water partition coefficient (Wildman–Crippen LogP) is 5.90. The largest absolute Gasteiger partial charge is 0.380 e. The zero-order chi connectivity index (χ0) is 21.7. The Bertz CT molecular complexity index is 1160. The van der Waals surface area contributed by atoms with Crippen molar-refractivity contribution in [3.8, 4) is 0 Å². The highest BCUT2D eigenvalue weighted by Gasteiger charge is 2.41. The van der Waals surface area contributed by atoms with Gasteiger partial charge in [0, 0.05) is 29.8 Å². The van der Waals surface area contributed by atoms with Crippen molar-refractivity contribution in [2.75, 3.05) is 13.7 Å². The van der Waals surface area contributed by atoms with E-state index in [-0.39, 0.29) is 12.1 Å². The molecule has 0 aliphatic carbocycles. The van der Waals surface area contributed by atoms with Crippen LogP contribution in [0.15, 0.2) is 42.6 Å². The Morgan fingerprint density at radius 1 is 1.23 bits per heavy atom. The number of rotatable bonds is 4. The number of methoxy groups -OCH3 is 1. The number of aromatic amines is 1. The molecular formula is C24H27ClN4OS. The van der Waals surface area contributed by atoms with Gasteiger partial charge in [-0.15, -0.1) is 0 Å². The van der Waals surface area contributed by atoms with Crippen LogP contribution in [-0.4, -0.2) is 45.1 Å². The van der Waals surface area contributed by atoms with E-state index in [1.165, 1.54) is 16.0 Å². The van der Waals surface area contributed by atoms with Crippen LogP contribution in [0.4, 0.5) is 0 Å². The van der Waals surface area contributed by atoms with Crippen LogP contribution in [0.5, 0.6) is 0 Å². The SMILES string of the molecule is CO[C@@H]1C[C@@H](c2nc3c(C)c(Cl)ccc3[nH]2)N(N2C=C(c3cccc(C)c3)SC2C)C1. The van der Waals surface area contributed by atoms with Crippen LogP contribution in [-0.2, 0) is 4.74 Å². The summed E-state index contributed by atoms with van der Waals surface area (Å²) < 4.78 is 5.77. The standard InChI is InChI=1S/C24H27ClN4OS/c1-14-6-5-7-17(10-14)22-13-28(16(3)31-22)29-12-18(30-4)11-21(29)24-26-20-9-8-19(25)15(2)23(20)27-24/h5-10,13,16,18,21H,11-12H2,1-4H3,(H,26,27)/t16?,18-,21+/m1/s1. The number of thioether (sulfide) groups is 1. The first-order valence-electron chi connectivity index (χ1n) is 10.6. The summed E-state index contributed by atoms with van der Waals surface area (Å²) in [5, 5.41) is 5.82. The molecule has 7 heteroatoms. The van der Waals surface area contributed by atoms with Crippen LogP contribution in [0, 0.1) is 13.8 Å². The van der Waals surface area contributed by atoms with Gasteiger partial charge in [0.15, 0.2) is 0 Å². The van der Waals surface area contributed by atoms with Crippen LogP contribution in [0.1, 0.15) is 41.9 Å². The van der Waals surface area contributed by atoms with E-state index in [0.717, 1.165) is 40.4 Å². The van der Waals surface area contributed by atoms with Gasteiger partial charge in [-0.2, -0.15) is 0 Å². The molecule has 1 aromatic heterocycles. The lowest BCUT2D eigenvalue weighted by Gasteiger charge is -2.35. The molecule has 31 heavy (non-hydrogen) atoms. The average molecular weight is 455 g/mol. The topological polar surface area (TPSA) is 44.4 Å². The molecule has 0 spiro atoms. The quantitative estimate of drug-likeness (QED) is 0.531. The Kier molecular flexibility index (Phi) is 5.51. The summed E-state index contributed by atoms with van der Waals surface area (Å²) in [6.07, 6.45) is 3.33. The molecular weight excluding hydrogens is 428 g/mol. The highest BCUT2D eigenvalue weighted by molar-refractivity contribution is 8.09. The van der Waals surface area contributed by atoms with Crippen molar-refractivity contribution in [1.82, 2.24) is 20.0 Å². The number of aryl methyl sites for hydroxylation is 2. The molecule has 0 radical (unpaired) electrons. The number of hydrogen-bond donors (Lipinski definition) is 1. The number of nitrogens with one attached hydrogen (secondary N) is 1. The second kappa shape index (κ2) is 8.17. The first-order valence-corrected chi connectivity index (χ1v) is 11.9. The Balaban J connectivity index is 1.50. The molecule has 2 aromatic carbocycles. The molecule has 1 unspecified atom stereocenters. The van der Waals surface area contributed by atoms with E-state index in [1.54, 1.807) is 7.11 Å². The third-order valence-electron chi connectivity index (χ3n) is 6.26. The molecule has 5 rings (SSSR count). The summed E-state index contributed by atoms with van der Waals surface area (Å²) in [7, 11) is 1.80. The Hall–Kier alpha value is -1.99. The molecule has 1 saturated heterocycles. The number of H-pyrrole nitrogens is 1. The van der Waals surface area contributed by atoms with Gasteiger partial charge in [0.1, 0.15) is 5.82 Å². The summed E-state index contributed by atoms with van der Waals surface area (Å²) in [4.78, 5) is 9.81. The normalized spacial score (nSPS) is 24.4. The lowest BCUT2D eigenvalue weighted by Crippen LogP contribution is -2.42. The van der Waals surface area contributed by atoms with E-state index in [9.17, 15) is 0 Å². The monoisotopic (exact) mass is 454 g/mol. The van der Waals surface area contributed by atoms with Crippen LogP contribution in [0.25, 0.3) is 15.9 Å². The van der Waals surface area contributed by atoms with Crippen molar-refractivity contribution >= 4 is 39.3 Å². The summed E-state index contributed by atoms with van der Waals surface area (Å²) in [5.41, 5.74) is 5.54. The van der Waals surface area contributed by atoms with Gasteiger partial charge in [-0.1, -0.05) is 53.2 Å². The van der Waals surface area contributed by atoms with Gasteiger partial charge in [0.25, 0.3) is 0 Å². The summed E-state index contributed by atoms with van der Waals surface area (Å²) in [5.74, 6) is 0.967. The minimum Gasteiger partial charge on any atom is -0.380 e. The molecule has 3 heterocycles. The zero-order valence-electron chi connectivity index (χ0n) is 18.2. The van der Waals surface area contributed by atoms with Gasteiger partial charge in [0.2, 0.25) is 0 Å². The fourth-order valence-electron chi connectivity index (χ4n) is 4.54. The van der Waals surface area contributed by atoms with Gasteiger partial charge >= 0.3 is 0 Å².